The van der Waals surface area contributed by atoms with Crippen molar-refractivity contribution >= 4 is 27.2 Å². The Bertz CT molecular complexity index is 664. The number of ether oxygens (including phenoxy) is 1. The number of anilines is 1. The lowest BCUT2D eigenvalue weighted by Gasteiger charge is -2.02. The number of nitrogen functional groups attached to an aromatic ring is 1. The second-order valence-corrected chi connectivity index (χ2v) is 4.99. The van der Waals surface area contributed by atoms with Gasteiger partial charge in [-0.15, -0.1) is 11.3 Å². The van der Waals surface area contributed by atoms with E-state index in [1.54, 1.807) is 11.3 Å². The molecule has 90 valence electrons. The van der Waals surface area contributed by atoms with Gasteiger partial charge in [-0.25, -0.2) is 4.98 Å². The Labute approximate surface area is 109 Å². The molecule has 4 heteroatoms. The molecule has 0 spiro atoms. The van der Waals surface area contributed by atoms with E-state index in [9.17, 15) is 0 Å². The smallest absolute Gasteiger partial charge is 0.140 e. The van der Waals surface area contributed by atoms with Crippen LogP contribution in [0.1, 0.15) is 5.01 Å². The number of nitrogens with zero attached hydrogens (tertiary/aromatic N) is 1. The minimum absolute atomic E-state index is 0.475. The topological polar surface area (TPSA) is 48.1 Å². The van der Waals surface area contributed by atoms with Crippen LogP contribution in [0.25, 0.3) is 10.2 Å². The standard InChI is InChI=1S/C14H12N2OS/c15-11-7-4-8-12-14(11)18-13(16-12)9-17-10-5-2-1-3-6-10/h1-8H,9,15H2. The normalized spacial score (nSPS) is 10.7. The lowest BCUT2D eigenvalue weighted by molar-refractivity contribution is 0.306. The summed E-state index contributed by atoms with van der Waals surface area (Å²) in [6.45, 7) is 0.475. The Balaban J connectivity index is 1.81. The Hall–Kier alpha value is -2.07. The number of hydrogen-bond donors (Lipinski definition) is 1. The highest BCUT2D eigenvalue weighted by Gasteiger charge is 2.06. The molecule has 0 saturated carbocycles. The zero-order valence-electron chi connectivity index (χ0n) is 9.67. The lowest BCUT2D eigenvalue weighted by Crippen LogP contribution is -1.93. The largest absolute Gasteiger partial charge is 0.486 e. The molecule has 0 aliphatic heterocycles. The number of fused-ring (bicyclic) bond motifs is 1. The van der Waals surface area contributed by atoms with Gasteiger partial charge in [0.1, 0.15) is 17.4 Å². The van der Waals surface area contributed by atoms with Crippen LogP contribution in [-0.4, -0.2) is 4.98 Å². The summed E-state index contributed by atoms with van der Waals surface area (Å²) in [6, 6.07) is 15.5. The molecular weight excluding hydrogens is 244 g/mol. The number of hydrogen-bond acceptors (Lipinski definition) is 4. The van der Waals surface area contributed by atoms with Gasteiger partial charge in [0.25, 0.3) is 0 Å². The number of rotatable bonds is 3. The highest BCUT2D eigenvalue weighted by molar-refractivity contribution is 7.19. The third-order valence-corrected chi connectivity index (χ3v) is 3.69. The van der Waals surface area contributed by atoms with Crippen molar-refractivity contribution in [3.8, 4) is 5.75 Å². The average molecular weight is 256 g/mol. The molecule has 0 radical (unpaired) electrons. The maximum Gasteiger partial charge on any atom is 0.140 e. The minimum Gasteiger partial charge on any atom is -0.486 e. The van der Waals surface area contributed by atoms with E-state index in [2.05, 4.69) is 4.98 Å². The molecule has 0 fully saturated rings. The number of benzene rings is 2. The third-order valence-electron chi connectivity index (χ3n) is 2.60. The van der Waals surface area contributed by atoms with Crippen LogP contribution in [0.5, 0.6) is 5.75 Å². The van der Waals surface area contributed by atoms with Crippen LogP contribution in [0.4, 0.5) is 5.69 Å². The van der Waals surface area contributed by atoms with Crippen LogP contribution < -0.4 is 10.5 Å². The predicted octanol–water partition coefficient (Wildman–Crippen LogP) is 3.46. The van der Waals surface area contributed by atoms with Crippen molar-refractivity contribution < 1.29 is 4.74 Å². The van der Waals surface area contributed by atoms with Gasteiger partial charge in [-0.3, -0.25) is 0 Å². The number of nitrogens with two attached hydrogens (primary N) is 1. The van der Waals surface area contributed by atoms with Crippen LogP contribution in [0.2, 0.25) is 0 Å². The van der Waals surface area contributed by atoms with Gasteiger partial charge in [0.2, 0.25) is 0 Å². The molecule has 0 saturated heterocycles. The van der Waals surface area contributed by atoms with Crippen molar-refractivity contribution in [3.63, 3.8) is 0 Å². The van der Waals surface area contributed by atoms with Gasteiger partial charge in [-0.2, -0.15) is 0 Å². The maximum atomic E-state index is 5.91. The first-order valence-corrected chi connectivity index (χ1v) is 6.46. The molecule has 1 heterocycles. The summed E-state index contributed by atoms with van der Waals surface area (Å²) < 4.78 is 6.70. The van der Waals surface area contributed by atoms with Crippen molar-refractivity contribution in [1.82, 2.24) is 4.98 Å². The summed E-state index contributed by atoms with van der Waals surface area (Å²) in [5.74, 6) is 0.852. The highest BCUT2D eigenvalue weighted by atomic mass is 32.1. The average Bonchev–Trinajstić information content (AvgIpc) is 2.82. The summed E-state index contributed by atoms with van der Waals surface area (Å²) in [7, 11) is 0. The van der Waals surface area contributed by atoms with Crippen molar-refractivity contribution in [3.05, 3.63) is 53.5 Å². The Morgan fingerprint density at radius 2 is 1.89 bits per heavy atom. The number of aromatic nitrogens is 1. The monoisotopic (exact) mass is 256 g/mol. The molecule has 18 heavy (non-hydrogen) atoms. The van der Waals surface area contributed by atoms with E-state index in [-0.39, 0.29) is 0 Å². The molecule has 3 nitrogen and oxygen atoms in total. The second-order valence-electron chi connectivity index (χ2n) is 3.90. The Morgan fingerprint density at radius 1 is 1.06 bits per heavy atom. The van der Waals surface area contributed by atoms with Gasteiger partial charge in [-0.05, 0) is 24.3 Å². The summed E-state index contributed by atoms with van der Waals surface area (Å²) in [4.78, 5) is 4.50. The molecule has 3 rings (SSSR count). The van der Waals surface area contributed by atoms with Crippen LogP contribution in [0, 0.1) is 0 Å². The molecule has 0 aliphatic carbocycles. The molecule has 0 atom stereocenters. The van der Waals surface area contributed by atoms with Gasteiger partial charge in [-0.1, -0.05) is 24.3 Å². The fourth-order valence-corrected chi connectivity index (χ4v) is 2.64. The van der Waals surface area contributed by atoms with Gasteiger partial charge >= 0.3 is 0 Å². The zero-order valence-corrected chi connectivity index (χ0v) is 10.5. The van der Waals surface area contributed by atoms with Crippen LogP contribution in [0.15, 0.2) is 48.5 Å². The zero-order chi connectivity index (χ0) is 12.4. The summed E-state index contributed by atoms with van der Waals surface area (Å²) in [5, 5.41) is 0.937. The summed E-state index contributed by atoms with van der Waals surface area (Å²) >= 11 is 1.58. The van der Waals surface area contributed by atoms with Crippen molar-refractivity contribution in [2.24, 2.45) is 0 Å². The van der Waals surface area contributed by atoms with Crippen molar-refractivity contribution in [2.75, 3.05) is 5.73 Å². The molecule has 1 aromatic heterocycles. The van der Waals surface area contributed by atoms with Crippen LogP contribution in [0.3, 0.4) is 0 Å². The number of thiazole rings is 1. The van der Waals surface area contributed by atoms with E-state index in [4.69, 9.17) is 10.5 Å². The molecular formula is C14H12N2OS. The van der Waals surface area contributed by atoms with E-state index in [0.29, 0.717) is 6.61 Å². The Kier molecular flexibility index (Phi) is 2.86. The Morgan fingerprint density at radius 3 is 2.67 bits per heavy atom. The molecule has 0 aliphatic rings. The van der Waals surface area contributed by atoms with Gasteiger partial charge in [0, 0.05) is 0 Å². The third kappa shape index (κ3) is 2.15. The van der Waals surface area contributed by atoms with Gasteiger partial charge < -0.3 is 10.5 Å². The fraction of sp³-hybridized carbons (Fsp3) is 0.0714. The van der Waals surface area contributed by atoms with E-state index >= 15 is 0 Å². The first-order valence-electron chi connectivity index (χ1n) is 5.65. The van der Waals surface area contributed by atoms with E-state index in [0.717, 1.165) is 26.7 Å². The van der Waals surface area contributed by atoms with Crippen LogP contribution in [-0.2, 0) is 6.61 Å². The first-order chi connectivity index (χ1) is 8.83. The van der Waals surface area contributed by atoms with Crippen molar-refractivity contribution in [2.45, 2.75) is 6.61 Å². The van der Waals surface area contributed by atoms with Gasteiger partial charge in [0.05, 0.1) is 15.9 Å². The van der Waals surface area contributed by atoms with E-state index < -0.39 is 0 Å². The molecule has 0 unspecified atom stereocenters. The molecule has 0 amide bonds. The van der Waals surface area contributed by atoms with E-state index in [1.807, 2.05) is 48.5 Å². The van der Waals surface area contributed by atoms with E-state index in [1.165, 1.54) is 0 Å². The number of para-hydroxylation sites is 1. The van der Waals surface area contributed by atoms with Crippen LogP contribution >= 0.6 is 11.3 Å². The highest BCUT2D eigenvalue weighted by Crippen LogP contribution is 2.27. The minimum atomic E-state index is 0.475. The molecule has 2 aromatic carbocycles. The lowest BCUT2D eigenvalue weighted by atomic mass is 10.3. The second kappa shape index (κ2) is 4.66. The maximum absolute atomic E-state index is 5.91. The summed E-state index contributed by atoms with van der Waals surface area (Å²) in [6.07, 6.45) is 0. The molecule has 0 bridgehead atoms. The van der Waals surface area contributed by atoms with Crippen molar-refractivity contribution in [1.29, 1.82) is 0 Å². The fourth-order valence-electron chi connectivity index (χ4n) is 1.74. The molecule has 3 aromatic rings. The van der Waals surface area contributed by atoms with Gasteiger partial charge in [0.15, 0.2) is 0 Å². The summed E-state index contributed by atoms with van der Waals surface area (Å²) in [5.41, 5.74) is 7.62. The quantitative estimate of drug-likeness (QED) is 0.730. The molecule has 2 N–H and O–H groups in total. The SMILES string of the molecule is Nc1cccc2nc(COc3ccccc3)sc12. The predicted molar refractivity (Wildman–Crippen MR) is 74.8 cm³/mol. The first kappa shape index (κ1) is 11.0.